The Hall–Kier alpha value is -1.68. The molecule has 1 aliphatic rings. The fourth-order valence-electron chi connectivity index (χ4n) is 2.67. The molecule has 1 aromatic carbocycles. The van der Waals surface area contributed by atoms with Crippen molar-refractivity contribution in [2.24, 2.45) is 5.92 Å². The summed E-state index contributed by atoms with van der Waals surface area (Å²) in [5, 5.41) is 2.98. The van der Waals surface area contributed by atoms with Crippen LogP contribution in [0.2, 0.25) is 0 Å². The van der Waals surface area contributed by atoms with E-state index in [1.807, 2.05) is 18.2 Å². The maximum Gasteiger partial charge on any atom is 0.234 e. The Bertz CT molecular complexity index is 439. The van der Waals surface area contributed by atoms with Crippen LogP contribution >= 0.6 is 0 Å². The van der Waals surface area contributed by atoms with E-state index < -0.39 is 0 Å². The van der Waals surface area contributed by atoms with E-state index in [1.54, 1.807) is 0 Å². The molecule has 1 saturated heterocycles. The van der Waals surface area contributed by atoms with Crippen LogP contribution < -0.4 is 5.32 Å². The zero-order valence-electron chi connectivity index (χ0n) is 12.5. The molecule has 0 spiro atoms. The zero-order chi connectivity index (χ0) is 14.9. The highest BCUT2D eigenvalue weighted by Gasteiger charge is 2.19. The van der Waals surface area contributed by atoms with Crippen molar-refractivity contribution in [3.8, 4) is 0 Å². The molecular weight excluding hydrogens is 264 g/mol. The number of aryl methyl sites for hydroxylation is 1. The van der Waals surface area contributed by atoms with Gasteiger partial charge in [0.15, 0.2) is 0 Å². The lowest BCUT2D eigenvalue weighted by molar-refractivity contribution is -0.122. The molecule has 1 fully saturated rings. The molecular formula is C17H24N2O2. The summed E-state index contributed by atoms with van der Waals surface area (Å²) in [6.07, 6.45) is 4.76. The van der Waals surface area contributed by atoms with Crippen LogP contribution in [-0.4, -0.2) is 43.3 Å². The van der Waals surface area contributed by atoms with E-state index in [0.29, 0.717) is 6.54 Å². The highest BCUT2D eigenvalue weighted by atomic mass is 16.2. The van der Waals surface area contributed by atoms with Gasteiger partial charge in [0.05, 0.1) is 6.54 Å². The fraction of sp³-hybridized carbons (Fsp3) is 0.529. The molecule has 1 amide bonds. The fourth-order valence-corrected chi connectivity index (χ4v) is 2.67. The third kappa shape index (κ3) is 5.68. The average Bonchev–Trinajstić information content (AvgIpc) is 2.53. The van der Waals surface area contributed by atoms with E-state index in [9.17, 15) is 9.59 Å². The summed E-state index contributed by atoms with van der Waals surface area (Å²) in [5.41, 5.74) is 1.31. The summed E-state index contributed by atoms with van der Waals surface area (Å²) in [7, 11) is 0. The lowest BCUT2D eigenvalue weighted by atomic mass is 9.99. The molecule has 114 valence electrons. The van der Waals surface area contributed by atoms with E-state index >= 15 is 0 Å². The molecule has 0 atom stereocenters. The molecule has 0 aliphatic carbocycles. The topological polar surface area (TPSA) is 49.4 Å². The van der Waals surface area contributed by atoms with Crippen LogP contribution in [0.5, 0.6) is 0 Å². The first-order valence-electron chi connectivity index (χ1n) is 7.76. The van der Waals surface area contributed by atoms with Gasteiger partial charge in [0.1, 0.15) is 6.29 Å². The summed E-state index contributed by atoms with van der Waals surface area (Å²) < 4.78 is 0. The summed E-state index contributed by atoms with van der Waals surface area (Å²) >= 11 is 0. The van der Waals surface area contributed by atoms with Gasteiger partial charge in [-0.15, -0.1) is 0 Å². The summed E-state index contributed by atoms with van der Waals surface area (Å²) in [6, 6.07) is 10.3. The van der Waals surface area contributed by atoms with Gasteiger partial charge < -0.3 is 10.1 Å². The van der Waals surface area contributed by atoms with Crippen molar-refractivity contribution in [3.05, 3.63) is 35.9 Å². The molecule has 21 heavy (non-hydrogen) atoms. The highest BCUT2D eigenvalue weighted by molar-refractivity contribution is 5.78. The lowest BCUT2D eigenvalue weighted by Gasteiger charge is -2.28. The minimum absolute atomic E-state index is 0.0904. The highest BCUT2D eigenvalue weighted by Crippen LogP contribution is 2.14. The van der Waals surface area contributed by atoms with Gasteiger partial charge in [-0.25, -0.2) is 0 Å². The Morgan fingerprint density at radius 1 is 1.24 bits per heavy atom. The number of carbonyl (C=O) groups excluding carboxylic acids is 2. The van der Waals surface area contributed by atoms with Crippen molar-refractivity contribution < 1.29 is 9.59 Å². The number of amides is 1. The molecule has 0 radical (unpaired) electrons. The Kier molecular flexibility index (Phi) is 6.41. The number of hydrogen-bond donors (Lipinski definition) is 1. The van der Waals surface area contributed by atoms with Gasteiger partial charge in [-0.05, 0) is 44.3 Å². The van der Waals surface area contributed by atoms with Crippen LogP contribution in [0.1, 0.15) is 24.8 Å². The van der Waals surface area contributed by atoms with Crippen molar-refractivity contribution in [1.29, 1.82) is 0 Å². The quantitative estimate of drug-likeness (QED) is 0.613. The van der Waals surface area contributed by atoms with Gasteiger partial charge >= 0.3 is 0 Å². The first-order valence-corrected chi connectivity index (χ1v) is 7.76. The van der Waals surface area contributed by atoms with E-state index in [0.717, 1.165) is 51.6 Å². The number of nitrogens with one attached hydrogen (secondary N) is 1. The van der Waals surface area contributed by atoms with Crippen LogP contribution in [0.4, 0.5) is 0 Å². The van der Waals surface area contributed by atoms with Crippen molar-refractivity contribution >= 4 is 12.2 Å². The molecule has 1 aromatic rings. The summed E-state index contributed by atoms with van der Waals surface area (Å²) in [6.45, 7) is 2.87. The number of carbonyl (C=O) groups is 2. The number of likely N-dealkylation sites (tertiary alicyclic amines) is 1. The van der Waals surface area contributed by atoms with Crippen LogP contribution in [0.3, 0.4) is 0 Å². The lowest BCUT2D eigenvalue weighted by Crippen LogP contribution is -2.42. The minimum atomic E-state index is 0.0904. The average molecular weight is 288 g/mol. The smallest absolute Gasteiger partial charge is 0.234 e. The first kappa shape index (κ1) is 15.7. The predicted molar refractivity (Wildman–Crippen MR) is 83.0 cm³/mol. The van der Waals surface area contributed by atoms with Crippen molar-refractivity contribution in [2.45, 2.75) is 25.7 Å². The Labute approximate surface area is 126 Å². The maximum absolute atomic E-state index is 11.9. The van der Waals surface area contributed by atoms with Crippen LogP contribution in [0.15, 0.2) is 30.3 Å². The number of rotatable bonds is 7. The SMILES string of the molecule is O=CC1CCN(CC(=O)NCCCc2ccccc2)CC1. The number of aldehydes is 1. The van der Waals surface area contributed by atoms with Crippen LogP contribution in [0, 0.1) is 5.92 Å². The van der Waals surface area contributed by atoms with Gasteiger partial charge in [-0.3, -0.25) is 9.69 Å². The van der Waals surface area contributed by atoms with Crippen molar-refractivity contribution in [1.82, 2.24) is 10.2 Å². The monoisotopic (exact) mass is 288 g/mol. The maximum atomic E-state index is 11.9. The zero-order valence-corrected chi connectivity index (χ0v) is 12.5. The Morgan fingerprint density at radius 2 is 1.95 bits per heavy atom. The third-order valence-corrected chi connectivity index (χ3v) is 4.00. The molecule has 4 heteroatoms. The normalized spacial score (nSPS) is 16.6. The van der Waals surface area contributed by atoms with E-state index in [4.69, 9.17) is 0 Å². The Morgan fingerprint density at radius 3 is 2.62 bits per heavy atom. The molecule has 1 heterocycles. The molecule has 4 nitrogen and oxygen atoms in total. The molecule has 1 N–H and O–H groups in total. The summed E-state index contributed by atoms with van der Waals surface area (Å²) in [5.74, 6) is 0.280. The number of benzene rings is 1. The van der Waals surface area contributed by atoms with Gasteiger partial charge in [0.2, 0.25) is 5.91 Å². The Balaban J connectivity index is 1.57. The largest absolute Gasteiger partial charge is 0.355 e. The predicted octanol–water partition coefficient (Wildman–Crippen LogP) is 1.65. The number of nitrogens with zero attached hydrogens (tertiary/aromatic N) is 1. The van der Waals surface area contributed by atoms with Gasteiger partial charge in [0, 0.05) is 12.5 Å². The molecule has 0 unspecified atom stereocenters. The number of hydrogen-bond acceptors (Lipinski definition) is 3. The van der Waals surface area contributed by atoms with E-state index in [-0.39, 0.29) is 11.8 Å². The third-order valence-electron chi connectivity index (χ3n) is 4.00. The second-order valence-corrected chi connectivity index (χ2v) is 5.69. The molecule has 1 aliphatic heterocycles. The minimum Gasteiger partial charge on any atom is -0.355 e. The van der Waals surface area contributed by atoms with Gasteiger partial charge in [0.25, 0.3) is 0 Å². The molecule has 0 bridgehead atoms. The van der Waals surface area contributed by atoms with E-state index in [1.165, 1.54) is 5.56 Å². The molecule has 0 saturated carbocycles. The second-order valence-electron chi connectivity index (χ2n) is 5.69. The van der Waals surface area contributed by atoms with Crippen LogP contribution in [-0.2, 0) is 16.0 Å². The number of piperidine rings is 1. The van der Waals surface area contributed by atoms with Crippen molar-refractivity contribution in [2.75, 3.05) is 26.2 Å². The van der Waals surface area contributed by atoms with E-state index in [2.05, 4.69) is 22.3 Å². The molecule has 2 rings (SSSR count). The van der Waals surface area contributed by atoms with Crippen LogP contribution in [0.25, 0.3) is 0 Å². The standard InChI is InChI=1S/C17H24N2O2/c20-14-16-8-11-19(12-9-16)13-17(21)18-10-4-7-15-5-2-1-3-6-15/h1-3,5-6,14,16H,4,7-13H2,(H,18,21). The summed E-state index contributed by atoms with van der Waals surface area (Å²) in [4.78, 5) is 24.7. The van der Waals surface area contributed by atoms with Gasteiger partial charge in [-0.1, -0.05) is 30.3 Å². The second kappa shape index (κ2) is 8.57. The van der Waals surface area contributed by atoms with Crippen molar-refractivity contribution in [3.63, 3.8) is 0 Å². The molecule has 0 aromatic heterocycles. The first-order chi connectivity index (χ1) is 10.3. The van der Waals surface area contributed by atoms with Gasteiger partial charge in [-0.2, -0.15) is 0 Å².